The van der Waals surface area contributed by atoms with E-state index in [-0.39, 0.29) is 11.8 Å². The van der Waals surface area contributed by atoms with E-state index in [2.05, 4.69) is 18.3 Å². The van der Waals surface area contributed by atoms with E-state index in [1.54, 1.807) is 0 Å². The number of amides is 2. The molecule has 0 radical (unpaired) electrons. The number of likely N-dealkylation sites (tertiary alicyclic amines) is 1. The van der Waals surface area contributed by atoms with Crippen LogP contribution >= 0.6 is 0 Å². The summed E-state index contributed by atoms with van der Waals surface area (Å²) in [4.78, 5) is 26.0. The van der Waals surface area contributed by atoms with E-state index in [1.807, 2.05) is 30.0 Å². The van der Waals surface area contributed by atoms with Crippen molar-refractivity contribution >= 4 is 17.9 Å². The lowest BCUT2D eigenvalue weighted by molar-refractivity contribution is -0.131. The molecule has 0 saturated carbocycles. The Morgan fingerprint density at radius 2 is 1.83 bits per heavy atom. The van der Waals surface area contributed by atoms with E-state index < -0.39 is 0 Å². The lowest BCUT2D eigenvalue weighted by Gasteiger charge is -2.20. The Morgan fingerprint density at radius 3 is 2.50 bits per heavy atom. The van der Waals surface area contributed by atoms with Gasteiger partial charge in [0.1, 0.15) is 0 Å². The van der Waals surface area contributed by atoms with E-state index in [0.717, 1.165) is 37.1 Å². The summed E-state index contributed by atoms with van der Waals surface area (Å²) < 4.78 is 0. The molecular weight excluding hydrogens is 300 g/mol. The maximum atomic E-state index is 12.1. The quantitative estimate of drug-likeness (QED) is 0.844. The molecule has 4 heteroatoms. The van der Waals surface area contributed by atoms with Crippen molar-refractivity contribution in [3.63, 3.8) is 0 Å². The SMILES string of the molecule is Cc1ccc(/C=C/C(=O)NCCC(=O)N2CCCCCC2)c(C)c1. The molecule has 0 bridgehead atoms. The van der Waals surface area contributed by atoms with Gasteiger partial charge >= 0.3 is 0 Å². The second-order valence-corrected chi connectivity index (χ2v) is 6.53. The molecule has 1 heterocycles. The van der Waals surface area contributed by atoms with Crippen molar-refractivity contribution in [3.8, 4) is 0 Å². The van der Waals surface area contributed by atoms with Crippen molar-refractivity contribution in [2.45, 2.75) is 46.0 Å². The molecule has 4 nitrogen and oxygen atoms in total. The minimum atomic E-state index is -0.154. The summed E-state index contributed by atoms with van der Waals surface area (Å²) in [5.74, 6) is -0.00537. The Kier molecular flexibility index (Phi) is 7.04. The zero-order chi connectivity index (χ0) is 17.4. The van der Waals surface area contributed by atoms with Gasteiger partial charge in [0.2, 0.25) is 11.8 Å². The third-order valence-electron chi connectivity index (χ3n) is 4.44. The molecule has 1 N–H and O–H groups in total. The molecular formula is C20H28N2O2. The Hall–Kier alpha value is -2.10. The fourth-order valence-corrected chi connectivity index (χ4v) is 3.01. The number of benzene rings is 1. The predicted octanol–water partition coefficient (Wildman–Crippen LogP) is 3.23. The number of carbonyl (C=O) groups is 2. The molecule has 2 amide bonds. The molecule has 0 spiro atoms. The molecule has 1 aromatic rings. The number of hydrogen-bond acceptors (Lipinski definition) is 2. The van der Waals surface area contributed by atoms with Gasteiger partial charge in [0.05, 0.1) is 0 Å². The monoisotopic (exact) mass is 328 g/mol. The molecule has 1 saturated heterocycles. The van der Waals surface area contributed by atoms with Crippen molar-refractivity contribution in [2.75, 3.05) is 19.6 Å². The maximum absolute atomic E-state index is 12.1. The molecule has 2 rings (SSSR count). The van der Waals surface area contributed by atoms with Crippen LogP contribution in [-0.2, 0) is 9.59 Å². The van der Waals surface area contributed by atoms with Crippen LogP contribution in [0.5, 0.6) is 0 Å². The van der Waals surface area contributed by atoms with Gasteiger partial charge in [-0.05, 0) is 43.9 Å². The molecule has 0 aromatic heterocycles. The van der Waals surface area contributed by atoms with Gasteiger partial charge in [0.15, 0.2) is 0 Å². The van der Waals surface area contributed by atoms with Gasteiger partial charge in [-0.1, -0.05) is 36.6 Å². The van der Waals surface area contributed by atoms with Gasteiger partial charge in [-0.3, -0.25) is 9.59 Å². The van der Waals surface area contributed by atoms with Crippen LogP contribution in [0.25, 0.3) is 6.08 Å². The average molecular weight is 328 g/mol. The maximum Gasteiger partial charge on any atom is 0.244 e. The fourth-order valence-electron chi connectivity index (χ4n) is 3.01. The Labute approximate surface area is 144 Å². The molecule has 130 valence electrons. The van der Waals surface area contributed by atoms with Crippen molar-refractivity contribution < 1.29 is 9.59 Å². The molecule has 0 atom stereocenters. The summed E-state index contributed by atoms with van der Waals surface area (Å²) in [7, 11) is 0. The molecule has 1 aliphatic heterocycles. The summed E-state index contributed by atoms with van der Waals surface area (Å²) >= 11 is 0. The van der Waals surface area contributed by atoms with E-state index in [9.17, 15) is 9.59 Å². The van der Waals surface area contributed by atoms with Gasteiger partial charge in [0, 0.05) is 32.1 Å². The Bertz CT molecular complexity index is 600. The summed E-state index contributed by atoms with van der Waals surface area (Å²) in [6.07, 6.45) is 8.35. The lowest BCUT2D eigenvalue weighted by atomic mass is 10.1. The normalized spacial score (nSPS) is 15.3. The summed E-state index contributed by atoms with van der Waals surface area (Å²) in [5.41, 5.74) is 3.40. The topological polar surface area (TPSA) is 49.4 Å². The molecule has 0 unspecified atom stereocenters. The minimum absolute atomic E-state index is 0.149. The van der Waals surface area contributed by atoms with Crippen LogP contribution in [0.2, 0.25) is 0 Å². The first-order valence-corrected chi connectivity index (χ1v) is 8.87. The highest BCUT2D eigenvalue weighted by molar-refractivity contribution is 5.92. The molecule has 0 aliphatic carbocycles. The van der Waals surface area contributed by atoms with Crippen molar-refractivity contribution in [2.24, 2.45) is 0 Å². The predicted molar refractivity (Wildman–Crippen MR) is 97.6 cm³/mol. The fraction of sp³-hybridized carbons (Fsp3) is 0.500. The largest absolute Gasteiger partial charge is 0.352 e. The second kappa shape index (κ2) is 9.26. The van der Waals surface area contributed by atoms with Crippen LogP contribution < -0.4 is 5.32 Å². The van der Waals surface area contributed by atoms with Crippen molar-refractivity contribution in [1.29, 1.82) is 0 Å². The third-order valence-corrected chi connectivity index (χ3v) is 4.44. The standard InChI is InChI=1S/C20H28N2O2/c1-16-7-8-18(17(2)15-16)9-10-19(23)21-12-11-20(24)22-13-5-3-4-6-14-22/h7-10,15H,3-6,11-14H2,1-2H3,(H,21,23)/b10-9+. The first-order chi connectivity index (χ1) is 11.6. The zero-order valence-electron chi connectivity index (χ0n) is 14.8. The van der Waals surface area contributed by atoms with E-state index in [4.69, 9.17) is 0 Å². The first kappa shape index (κ1) is 18.2. The number of nitrogens with one attached hydrogen (secondary N) is 1. The number of rotatable bonds is 5. The van der Waals surface area contributed by atoms with Gasteiger partial charge in [0.25, 0.3) is 0 Å². The smallest absolute Gasteiger partial charge is 0.244 e. The second-order valence-electron chi connectivity index (χ2n) is 6.53. The summed E-state index contributed by atoms with van der Waals surface area (Å²) in [6.45, 7) is 6.20. The van der Waals surface area contributed by atoms with Gasteiger partial charge in [-0.25, -0.2) is 0 Å². The van der Waals surface area contributed by atoms with Crippen LogP contribution in [0.15, 0.2) is 24.3 Å². The van der Waals surface area contributed by atoms with E-state index in [0.29, 0.717) is 13.0 Å². The molecule has 24 heavy (non-hydrogen) atoms. The van der Waals surface area contributed by atoms with Crippen LogP contribution in [0.4, 0.5) is 0 Å². The van der Waals surface area contributed by atoms with Gasteiger partial charge < -0.3 is 10.2 Å². The van der Waals surface area contributed by atoms with Crippen LogP contribution in [0, 0.1) is 13.8 Å². The highest BCUT2D eigenvalue weighted by Gasteiger charge is 2.14. The lowest BCUT2D eigenvalue weighted by Crippen LogP contribution is -2.34. The Balaban J connectivity index is 1.74. The zero-order valence-corrected chi connectivity index (χ0v) is 14.8. The third kappa shape index (κ3) is 5.84. The Morgan fingerprint density at radius 1 is 1.12 bits per heavy atom. The molecule has 1 fully saturated rings. The minimum Gasteiger partial charge on any atom is -0.352 e. The van der Waals surface area contributed by atoms with Gasteiger partial charge in [-0.2, -0.15) is 0 Å². The van der Waals surface area contributed by atoms with Gasteiger partial charge in [-0.15, -0.1) is 0 Å². The van der Waals surface area contributed by atoms with Crippen LogP contribution in [-0.4, -0.2) is 36.3 Å². The van der Waals surface area contributed by atoms with E-state index >= 15 is 0 Å². The van der Waals surface area contributed by atoms with Crippen molar-refractivity contribution in [1.82, 2.24) is 10.2 Å². The number of carbonyl (C=O) groups excluding carboxylic acids is 2. The first-order valence-electron chi connectivity index (χ1n) is 8.87. The highest BCUT2D eigenvalue weighted by Crippen LogP contribution is 2.12. The number of hydrogen-bond donors (Lipinski definition) is 1. The number of aryl methyl sites for hydroxylation is 2. The number of nitrogens with zero attached hydrogens (tertiary/aromatic N) is 1. The van der Waals surface area contributed by atoms with Crippen molar-refractivity contribution in [3.05, 3.63) is 41.0 Å². The highest BCUT2D eigenvalue weighted by atomic mass is 16.2. The molecule has 1 aromatic carbocycles. The van der Waals surface area contributed by atoms with Crippen LogP contribution in [0.3, 0.4) is 0 Å². The summed E-state index contributed by atoms with van der Waals surface area (Å²) in [5, 5.41) is 2.80. The van der Waals surface area contributed by atoms with Crippen LogP contribution in [0.1, 0.15) is 48.8 Å². The summed E-state index contributed by atoms with van der Waals surface area (Å²) in [6, 6.07) is 6.14. The average Bonchev–Trinajstić information content (AvgIpc) is 2.83. The van der Waals surface area contributed by atoms with E-state index in [1.165, 1.54) is 24.5 Å². The molecule has 1 aliphatic rings.